The Bertz CT molecular complexity index is 1530. The topological polar surface area (TPSA) is 89.0 Å². The smallest absolute Gasteiger partial charge is 0.300 e. The van der Waals surface area contributed by atoms with Crippen LogP contribution in [0.2, 0.25) is 0 Å². The van der Waals surface area contributed by atoms with E-state index in [4.69, 9.17) is 9.47 Å². The van der Waals surface area contributed by atoms with E-state index in [1.54, 1.807) is 66.9 Å². The summed E-state index contributed by atoms with van der Waals surface area (Å²) >= 11 is 0. The highest BCUT2D eigenvalue weighted by Gasteiger charge is 2.47. The van der Waals surface area contributed by atoms with Gasteiger partial charge in [0, 0.05) is 17.4 Å². The number of anilines is 1. The van der Waals surface area contributed by atoms with Gasteiger partial charge in [-0.3, -0.25) is 19.5 Å². The summed E-state index contributed by atoms with van der Waals surface area (Å²) in [5, 5.41) is 11.4. The first-order valence-corrected chi connectivity index (χ1v) is 13.2. The first-order valence-electron chi connectivity index (χ1n) is 13.2. The van der Waals surface area contributed by atoms with Crippen molar-refractivity contribution in [3.8, 4) is 11.5 Å². The van der Waals surface area contributed by atoms with Crippen LogP contribution in [-0.2, 0) is 16.2 Å². The molecule has 202 valence electrons. The van der Waals surface area contributed by atoms with E-state index in [0.29, 0.717) is 41.7 Å². The van der Waals surface area contributed by atoms with E-state index in [-0.39, 0.29) is 11.3 Å². The second-order valence-electron chi connectivity index (χ2n) is 9.52. The lowest BCUT2D eigenvalue weighted by molar-refractivity contribution is -0.132. The molecule has 0 radical (unpaired) electrons. The maximum absolute atomic E-state index is 13.4. The summed E-state index contributed by atoms with van der Waals surface area (Å²) in [4.78, 5) is 32.7. The van der Waals surface area contributed by atoms with E-state index in [0.717, 1.165) is 17.5 Å². The zero-order valence-electron chi connectivity index (χ0n) is 22.4. The number of rotatable bonds is 9. The number of amides is 1. The molecule has 5 rings (SSSR count). The maximum Gasteiger partial charge on any atom is 0.300 e. The van der Waals surface area contributed by atoms with Crippen LogP contribution in [0.15, 0.2) is 103 Å². The minimum absolute atomic E-state index is 0.0188. The second-order valence-corrected chi connectivity index (χ2v) is 9.52. The van der Waals surface area contributed by atoms with Crippen molar-refractivity contribution in [1.82, 2.24) is 4.98 Å². The van der Waals surface area contributed by atoms with Gasteiger partial charge in [0.1, 0.15) is 29.9 Å². The van der Waals surface area contributed by atoms with Crippen molar-refractivity contribution in [1.29, 1.82) is 0 Å². The molecule has 1 amide bonds. The Kier molecular flexibility index (Phi) is 7.92. The number of carbonyl (C=O) groups is 2. The Hall–Kier alpha value is -4.91. The number of hydrogen-bond donors (Lipinski definition) is 1. The van der Waals surface area contributed by atoms with Gasteiger partial charge in [-0.05, 0) is 79.1 Å². The predicted molar refractivity (Wildman–Crippen MR) is 153 cm³/mol. The van der Waals surface area contributed by atoms with Gasteiger partial charge in [0.05, 0.1) is 17.9 Å². The highest BCUT2D eigenvalue weighted by atomic mass is 16.5. The fourth-order valence-electron chi connectivity index (χ4n) is 4.69. The summed E-state index contributed by atoms with van der Waals surface area (Å²) in [6.07, 6.45) is 2.47. The molecule has 7 heteroatoms. The van der Waals surface area contributed by atoms with Gasteiger partial charge in [0.25, 0.3) is 11.7 Å². The lowest BCUT2D eigenvalue weighted by atomic mass is 9.97. The summed E-state index contributed by atoms with van der Waals surface area (Å²) in [6, 6.07) is 26.4. The van der Waals surface area contributed by atoms with Crippen molar-refractivity contribution in [3.63, 3.8) is 0 Å². The number of hydrogen-bond acceptors (Lipinski definition) is 6. The molecule has 7 nitrogen and oxygen atoms in total. The third kappa shape index (κ3) is 5.45. The highest BCUT2D eigenvalue weighted by molar-refractivity contribution is 6.51. The molecule has 4 aromatic rings. The van der Waals surface area contributed by atoms with Gasteiger partial charge in [-0.15, -0.1) is 0 Å². The number of aliphatic hydroxyl groups excluding tert-OH is 1. The average molecular weight is 535 g/mol. The molecule has 1 saturated heterocycles. The summed E-state index contributed by atoms with van der Waals surface area (Å²) in [5.74, 6) is -0.449. The van der Waals surface area contributed by atoms with E-state index in [9.17, 15) is 14.7 Å². The molecule has 0 bridgehead atoms. The molecule has 1 N–H and O–H groups in total. The van der Waals surface area contributed by atoms with E-state index < -0.39 is 17.7 Å². The van der Waals surface area contributed by atoms with Crippen molar-refractivity contribution in [2.75, 3.05) is 11.5 Å². The van der Waals surface area contributed by atoms with Crippen LogP contribution in [0.3, 0.4) is 0 Å². The molecule has 1 fully saturated rings. The van der Waals surface area contributed by atoms with Crippen molar-refractivity contribution >= 4 is 23.1 Å². The third-order valence-corrected chi connectivity index (χ3v) is 6.69. The number of pyridine rings is 1. The Morgan fingerprint density at radius 2 is 1.68 bits per heavy atom. The Morgan fingerprint density at radius 3 is 2.35 bits per heavy atom. The number of aromatic nitrogens is 1. The molecule has 1 unspecified atom stereocenters. The van der Waals surface area contributed by atoms with Crippen LogP contribution in [0.5, 0.6) is 11.5 Å². The fourth-order valence-corrected chi connectivity index (χ4v) is 4.69. The molecular formula is C33H30N2O5. The normalized spacial score (nSPS) is 16.2. The predicted octanol–water partition coefficient (Wildman–Crippen LogP) is 6.38. The van der Waals surface area contributed by atoms with Crippen LogP contribution in [0.25, 0.3) is 5.76 Å². The minimum Gasteiger partial charge on any atom is -0.507 e. The zero-order valence-corrected chi connectivity index (χ0v) is 22.4. The Balaban J connectivity index is 1.50. The SMILES string of the molecule is CCCOc1ccc(/C(O)=C2/C(=O)C(=O)N(c3ccc(OCc4ccccc4)cc3)C2c2ccccn2)cc1C. The summed E-state index contributed by atoms with van der Waals surface area (Å²) in [7, 11) is 0. The van der Waals surface area contributed by atoms with Crippen LogP contribution >= 0.6 is 0 Å². The van der Waals surface area contributed by atoms with Crippen molar-refractivity contribution < 1.29 is 24.2 Å². The molecule has 1 aromatic heterocycles. The Labute approximate surface area is 233 Å². The number of ether oxygens (including phenoxy) is 2. The fraction of sp³-hybridized carbons (Fsp3) is 0.182. The number of benzene rings is 3. The number of aliphatic hydroxyl groups is 1. The van der Waals surface area contributed by atoms with E-state index in [1.807, 2.05) is 44.2 Å². The van der Waals surface area contributed by atoms with Gasteiger partial charge in [0.2, 0.25) is 0 Å². The van der Waals surface area contributed by atoms with Crippen molar-refractivity contribution in [2.24, 2.45) is 0 Å². The van der Waals surface area contributed by atoms with Gasteiger partial charge in [0.15, 0.2) is 0 Å². The van der Waals surface area contributed by atoms with Gasteiger partial charge in [-0.25, -0.2) is 0 Å². The van der Waals surface area contributed by atoms with Crippen LogP contribution in [-0.4, -0.2) is 28.4 Å². The highest BCUT2D eigenvalue weighted by Crippen LogP contribution is 2.42. The van der Waals surface area contributed by atoms with Crippen LogP contribution < -0.4 is 14.4 Å². The summed E-state index contributed by atoms with van der Waals surface area (Å²) in [6.45, 7) is 4.88. The van der Waals surface area contributed by atoms with Gasteiger partial charge >= 0.3 is 0 Å². The van der Waals surface area contributed by atoms with Crippen LogP contribution in [0.1, 0.15) is 41.8 Å². The molecular weight excluding hydrogens is 504 g/mol. The molecule has 0 aliphatic carbocycles. The number of aryl methyl sites for hydroxylation is 1. The van der Waals surface area contributed by atoms with Crippen molar-refractivity contribution in [2.45, 2.75) is 32.9 Å². The van der Waals surface area contributed by atoms with Crippen molar-refractivity contribution in [3.05, 3.63) is 125 Å². The van der Waals surface area contributed by atoms with Gasteiger partial charge in [-0.1, -0.05) is 43.3 Å². The first-order chi connectivity index (χ1) is 19.5. The molecule has 3 aromatic carbocycles. The van der Waals surface area contributed by atoms with Gasteiger partial charge in [-0.2, -0.15) is 0 Å². The lowest BCUT2D eigenvalue weighted by Gasteiger charge is -2.24. The number of nitrogens with zero attached hydrogens (tertiary/aromatic N) is 2. The maximum atomic E-state index is 13.4. The molecule has 40 heavy (non-hydrogen) atoms. The number of Topliss-reactive ketones (excluding diaryl/α,β-unsaturated/α-hetero) is 1. The minimum atomic E-state index is -0.909. The standard InChI is InChI=1S/C33H30N2O5/c1-3-19-39-28-17-12-24(20-22(28)2)31(36)29-30(27-11-7-8-18-34-27)35(33(38)32(29)37)25-13-15-26(16-14-25)40-21-23-9-5-4-6-10-23/h4-18,20,30,36H,3,19,21H2,1-2H3/b31-29-. The molecule has 2 heterocycles. The van der Waals surface area contributed by atoms with E-state index >= 15 is 0 Å². The first kappa shape index (κ1) is 26.7. The molecule has 1 atom stereocenters. The van der Waals surface area contributed by atoms with Crippen LogP contribution in [0, 0.1) is 6.92 Å². The zero-order chi connectivity index (χ0) is 28.1. The second kappa shape index (κ2) is 11.9. The largest absolute Gasteiger partial charge is 0.507 e. The molecule has 0 spiro atoms. The quantitative estimate of drug-likeness (QED) is 0.152. The lowest BCUT2D eigenvalue weighted by Crippen LogP contribution is -2.29. The molecule has 0 saturated carbocycles. The van der Waals surface area contributed by atoms with E-state index in [1.165, 1.54) is 4.90 Å². The number of ketones is 1. The van der Waals surface area contributed by atoms with Crippen LogP contribution in [0.4, 0.5) is 5.69 Å². The molecule has 1 aliphatic heterocycles. The third-order valence-electron chi connectivity index (χ3n) is 6.69. The average Bonchev–Trinajstić information content (AvgIpc) is 3.26. The van der Waals surface area contributed by atoms with Gasteiger partial charge < -0.3 is 14.6 Å². The summed E-state index contributed by atoms with van der Waals surface area (Å²) in [5.41, 5.74) is 3.20. The monoisotopic (exact) mass is 534 g/mol. The van der Waals surface area contributed by atoms with E-state index in [2.05, 4.69) is 4.98 Å². The number of carbonyl (C=O) groups excluding carboxylic acids is 2. The summed E-state index contributed by atoms with van der Waals surface area (Å²) < 4.78 is 11.6. The Morgan fingerprint density at radius 1 is 0.925 bits per heavy atom. The molecule has 1 aliphatic rings.